The van der Waals surface area contributed by atoms with Crippen LogP contribution in [0.2, 0.25) is 0 Å². The van der Waals surface area contributed by atoms with E-state index in [-0.39, 0.29) is 23.9 Å². The van der Waals surface area contributed by atoms with E-state index in [0.717, 1.165) is 43.7 Å². The van der Waals surface area contributed by atoms with Crippen LogP contribution >= 0.6 is 0 Å². The lowest BCUT2D eigenvalue weighted by molar-refractivity contribution is -0.134. The van der Waals surface area contributed by atoms with Crippen LogP contribution < -0.4 is 0 Å². The van der Waals surface area contributed by atoms with Crippen molar-refractivity contribution in [2.75, 3.05) is 53.4 Å². The number of hydrogen-bond acceptors (Lipinski definition) is 4. The van der Waals surface area contributed by atoms with E-state index >= 15 is 0 Å². The monoisotopic (exact) mass is 450 g/mol. The number of benzene rings is 2. The maximum Gasteiger partial charge on any atom is 0.236 e. The molecule has 0 spiro atoms. The topological polar surface area (TPSA) is 47.1 Å². The number of amides is 2. The van der Waals surface area contributed by atoms with Gasteiger partial charge in [0.05, 0.1) is 25.2 Å². The van der Waals surface area contributed by atoms with Crippen molar-refractivity contribution in [1.29, 1.82) is 0 Å². The first-order valence-electron chi connectivity index (χ1n) is 11.9. The van der Waals surface area contributed by atoms with Gasteiger partial charge in [-0.2, -0.15) is 0 Å². The molecule has 1 aliphatic rings. The lowest BCUT2D eigenvalue weighted by Crippen LogP contribution is -2.42. The van der Waals surface area contributed by atoms with Gasteiger partial charge in [-0.15, -0.1) is 0 Å². The Morgan fingerprint density at radius 3 is 1.42 bits per heavy atom. The van der Waals surface area contributed by atoms with Crippen molar-refractivity contribution in [1.82, 2.24) is 19.6 Å². The Morgan fingerprint density at radius 2 is 1.06 bits per heavy atom. The molecule has 0 N–H and O–H groups in total. The van der Waals surface area contributed by atoms with Crippen molar-refractivity contribution in [3.63, 3.8) is 0 Å². The Labute approximate surface area is 198 Å². The highest BCUT2D eigenvalue weighted by Gasteiger charge is 2.24. The van der Waals surface area contributed by atoms with Gasteiger partial charge in [0, 0.05) is 27.2 Å². The third-order valence-electron chi connectivity index (χ3n) is 6.91. The molecule has 2 aromatic rings. The van der Waals surface area contributed by atoms with Gasteiger partial charge in [0.25, 0.3) is 0 Å². The molecule has 33 heavy (non-hydrogen) atoms. The van der Waals surface area contributed by atoms with E-state index in [1.165, 1.54) is 0 Å². The van der Waals surface area contributed by atoms with Crippen LogP contribution in [0.15, 0.2) is 60.7 Å². The summed E-state index contributed by atoms with van der Waals surface area (Å²) in [5.74, 6) is 0.264. The molecule has 0 saturated carbocycles. The summed E-state index contributed by atoms with van der Waals surface area (Å²) in [6.07, 6.45) is 0.955. The van der Waals surface area contributed by atoms with Crippen molar-refractivity contribution < 1.29 is 9.59 Å². The van der Waals surface area contributed by atoms with Crippen LogP contribution in [0.4, 0.5) is 0 Å². The zero-order valence-corrected chi connectivity index (χ0v) is 20.5. The normalized spacial score (nSPS) is 17.1. The highest BCUT2D eigenvalue weighted by Crippen LogP contribution is 2.20. The van der Waals surface area contributed by atoms with Crippen molar-refractivity contribution in [2.45, 2.75) is 32.4 Å². The molecule has 3 rings (SSSR count). The molecular weight excluding hydrogens is 412 g/mol. The zero-order chi connectivity index (χ0) is 23.8. The van der Waals surface area contributed by atoms with Crippen LogP contribution in [-0.4, -0.2) is 84.8 Å². The molecule has 1 saturated heterocycles. The summed E-state index contributed by atoms with van der Waals surface area (Å²) in [7, 11) is 3.76. The van der Waals surface area contributed by atoms with E-state index in [1.54, 1.807) is 0 Å². The number of carbonyl (C=O) groups excluding carboxylic acids is 2. The lowest BCUT2D eigenvalue weighted by Gasteiger charge is -2.29. The molecule has 178 valence electrons. The molecule has 0 aromatic heterocycles. The van der Waals surface area contributed by atoms with Gasteiger partial charge >= 0.3 is 0 Å². The summed E-state index contributed by atoms with van der Waals surface area (Å²) >= 11 is 0. The Bertz CT molecular complexity index is 816. The average molecular weight is 451 g/mol. The summed E-state index contributed by atoms with van der Waals surface area (Å²) in [6.45, 7) is 8.31. The molecule has 1 heterocycles. The first-order chi connectivity index (χ1) is 15.9. The highest BCUT2D eigenvalue weighted by molar-refractivity contribution is 5.79. The van der Waals surface area contributed by atoms with Gasteiger partial charge in [0.2, 0.25) is 11.8 Å². The molecule has 0 bridgehead atoms. The van der Waals surface area contributed by atoms with Crippen LogP contribution in [-0.2, 0) is 9.59 Å². The molecule has 2 atom stereocenters. The Hall–Kier alpha value is -2.70. The van der Waals surface area contributed by atoms with E-state index in [1.807, 2.05) is 60.3 Å². The van der Waals surface area contributed by atoms with E-state index in [9.17, 15) is 9.59 Å². The molecule has 2 aromatic carbocycles. The quantitative estimate of drug-likeness (QED) is 0.618. The van der Waals surface area contributed by atoms with Gasteiger partial charge in [-0.25, -0.2) is 0 Å². The molecule has 0 aliphatic carbocycles. The Balaban J connectivity index is 1.48. The SMILES string of the molecule is CC(c1ccccc1)N(C)C(=O)CN1CCCN(CC(=O)N(C)C(C)c2ccccc2)CC1. The van der Waals surface area contributed by atoms with Crippen LogP contribution in [0.3, 0.4) is 0 Å². The van der Waals surface area contributed by atoms with Gasteiger partial charge in [-0.1, -0.05) is 60.7 Å². The summed E-state index contributed by atoms with van der Waals surface area (Å²) in [5.41, 5.74) is 2.28. The standard InChI is InChI=1S/C27H38N4O2/c1-22(24-12-7-5-8-13-24)28(3)26(32)20-30-16-11-17-31(19-18-30)21-27(33)29(4)23(2)25-14-9-6-10-15-25/h5-10,12-15,22-23H,11,16-21H2,1-4H3. The molecule has 1 aliphatic heterocycles. The zero-order valence-electron chi connectivity index (χ0n) is 20.5. The lowest BCUT2D eigenvalue weighted by atomic mass is 10.1. The second-order valence-electron chi connectivity index (χ2n) is 9.09. The van der Waals surface area contributed by atoms with Crippen molar-refractivity contribution in [3.05, 3.63) is 71.8 Å². The van der Waals surface area contributed by atoms with Gasteiger partial charge < -0.3 is 9.80 Å². The third-order valence-corrected chi connectivity index (χ3v) is 6.91. The number of likely N-dealkylation sites (N-methyl/N-ethyl adjacent to an activating group) is 2. The summed E-state index contributed by atoms with van der Waals surface area (Å²) in [5, 5.41) is 0. The molecule has 2 unspecified atom stereocenters. The maximum atomic E-state index is 12.9. The minimum atomic E-state index is 0.0435. The summed E-state index contributed by atoms with van der Waals surface area (Å²) < 4.78 is 0. The predicted molar refractivity (Wildman–Crippen MR) is 133 cm³/mol. The van der Waals surface area contributed by atoms with Gasteiger partial charge in [-0.05, 0) is 44.5 Å². The summed E-state index contributed by atoms with van der Waals surface area (Å²) in [6, 6.07) is 20.3. The number of carbonyl (C=O) groups is 2. The first kappa shape index (κ1) is 24.9. The molecule has 6 nitrogen and oxygen atoms in total. The molecule has 0 radical (unpaired) electrons. The average Bonchev–Trinajstić information content (AvgIpc) is 3.07. The van der Waals surface area contributed by atoms with E-state index in [0.29, 0.717) is 13.1 Å². The van der Waals surface area contributed by atoms with E-state index in [2.05, 4.69) is 47.9 Å². The molecule has 6 heteroatoms. The fourth-order valence-corrected chi connectivity index (χ4v) is 4.29. The number of nitrogens with zero attached hydrogens (tertiary/aromatic N) is 4. The van der Waals surface area contributed by atoms with Crippen molar-refractivity contribution in [3.8, 4) is 0 Å². The fraction of sp³-hybridized carbons (Fsp3) is 0.481. The van der Waals surface area contributed by atoms with Crippen LogP contribution in [0.1, 0.15) is 43.5 Å². The minimum absolute atomic E-state index is 0.0435. The predicted octanol–water partition coefficient (Wildman–Crippen LogP) is 3.43. The largest absolute Gasteiger partial charge is 0.338 e. The number of hydrogen-bond donors (Lipinski definition) is 0. The fourth-order valence-electron chi connectivity index (χ4n) is 4.29. The first-order valence-corrected chi connectivity index (χ1v) is 11.9. The minimum Gasteiger partial charge on any atom is -0.338 e. The highest BCUT2D eigenvalue weighted by atomic mass is 16.2. The molecular formula is C27H38N4O2. The van der Waals surface area contributed by atoms with Gasteiger partial charge in [-0.3, -0.25) is 19.4 Å². The van der Waals surface area contributed by atoms with Crippen LogP contribution in [0.25, 0.3) is 0 Å². The van der Waals surface area contributed by atoms with Crippen LogP contribution in [0.5, 0.6) is 0 Å². The Kier molecular flexibility index (Phi) is 9.03. The number of rotatable bonds is 8. The molecule has 2 amide bonds. The van der Waals surface area contributed by atoms with Crippen molar-refractivity contribution >= 4 is 11.8 Å². The van der Waals surface area contributed by atoms with Gasteiger partial charge in [0.15, 0.2) is 0 Å². The van der Waals surface area contributed by atoms with Crippen molar-refractivity contribution in [2.24, 2.45) is 0 Å². The second kappa shape index (κ2) is 12.0. The van der Waals surface area contributed by atoms with E-state index < -0.39 is 0 Å². The molecule has 1 fully saturated rings. The van der Waals surface area contributed by atoms with Crippen LogP contribution in [0, 0.1) is 0 Å². The third kappa shape index (κ3) is 6.89. The Morgan fingerprint density at radius 1 is 0.697 bits per heavy atom. The maximum absolute atomic E-state index is 12.9. The summed E-state index contributed by atoms with van der Waals surface area (Å²) in [4.78, 5) is 33.9. The van der Waals surface area contributed by atoms with Gasteiger partial charge in [0.1, 0.15) is 0 Å². The smallest absolute Gasteiger partial charge is 0.236 e. The second-order valence-corrected chi connectivity index (χ2v) is 9.09. The van der Waals surface area contributed by atoms with E-state index in [4.69, 9.17) is 0 Å².